The van der Waals surface area contributed by atoms with E-state index in [9.17, 15) is 14.0 Å². The molecule has 1 saturated heterocycles. The number of likely N-dealkylation sites (tertiary alicyclic amines) is 1. The summed E-state index contributed by atoms with van der Waals surface area (Å²) < 4.78 is 18.8. The van der Waals surface area contributed by atoms with E-state index < -0.39 is 0 Å². The minimum Gasteiger partial charge on any atom is -0.381 e. The quantitative estimate of drug-likeness (QED) is 0.486. The van der Waals surface area contributed by atoms with Gasteiger partial charge >= 0.3 is 0 Å². The van der Waals surface area contributed by atoms with E-state index >= 15 is 0 Å². The van der Waals surface area contributed by atoms with Crippen LogP contribution >= 0.6 is 0 Å². The van der Waals surface area contributed by atoms with E-state index in [2.05, 4.69) is 4.90 Å². The SMILES string of the molecule is COC1CCCC(C(C(N)=O)C2CCC(CCN3CCC(C(=O)c4ccc(F)cc4)CC3)CC2)C1. The predicted molar refractivity (Wildman–Crippen MR) is 135 cm³/mol. The number of rotatable bonds is 9. The molecule has 194 valence electrons. The average molecular weight is 487 g/mol. The second kappa shape index (κ2) is 12.4. The summed E-state index contributed by atoms with van der Waals surface area (Å²) in [5.74, 6) is 1.34. The summed E-state index contributed by atoms with van der Waals surface area (Å²) in [5.41, 5.74) is 6.55. The Bertz CT molecular complexity index is 829. The zero-order valence-electron chi connectivity index (χ0n) is 21.3. The monoisotopic (exact) mass is 486 g/mol. The summed E-state index contributed by atoms with van der Waals surface area (Å²) >= 11 is 0. The first kappa shape index (κ1) is 26.3. The molecule has 0 radical (unpaired) electrons. The Morgan fingerprint density at radius 2 is 1.69 bits per heavy atom. The Balaban J connectivity index is 1.18. The predicted octanol–water partition coefficient (Wildman–Crippen LogP) is 5.22. The van der Waals surface area contributed by atoms with Crippen LogP contribution in [-0.4, -0.2) is 49.4 Å². The summed E-state index contributed by atoms with van der Waals surface area (Å²) in [4.78, 5) is 27.6. The van der Waals surface area contributed by atoms with Gasteiger partial charge in [-0.3, -0.25) is 9.59 Å². The van der Waals surface area contributed by atoms with E-state index in [-0.39, 0.29) is 35.4 Å². The highest BCUT2D eigenvalue weighted by Gasteiger charge is 2.38. The van der Waals surface area contributed by atoms with Gasteiger partial charge in [0.25, 0.3) is 0 Å². The van der Waals surface area contributed by atoms with Crippen LogP contribution in [0.5, 0.6) is 0 Å². The molecule has 1 amide bonds. The van der Waals surface area contributed by atoms with Crippen molar-refractivity contribution in [1.29, 1.82) is 0 Å². The first-order chi connectivity index (χ1) is 16.9. The van der Waals surface area contributed by atoms with Gasteiger partial charge in [-0.1, -0.05) is 19.3 Å². The van der Waals surface area contributed by atoms with Crippen LogP contribution in [0.4, 0.5) is 4.39 Å². The molecule has 3 aliphatic rings. The fourth-order valence-electron chi connectivity index (χ4n) is 7.04. The van der Waals surface area contributed by atoms with Gasteiger partial charge in [-0.25, -0.2) is 4.39 Å². The van der Waals surface area contributed by atoms with Crippen LogP contribution in [0.1, 0.15) is 81.0 Å². The lowest BCUT2D eigenvalue weighted by Crippen LogP contribution is -2.41. The molecule has 4 rings (SSSR count). The lowest BCUT2D eigenvalue weighted by molar-refractivity contribution is -0.127. The number of methoxy groups -OCH3 is 1. The second-order valence-electron chi connectivity index (χ2n) is 11.3. The Morgan fingerprint density at radius 1 is 1.00 bits per heavy atom. The van der Waals surface area contributed by atoms with Gasteiger partial charge in [-0.05, 0) is 113 Å². The van der Waals surface area contributed by atoms with Gasteiger partial charge in [-0.15, -0.1) is 0 Å². The molecule has 3 unspecified atom stereocenters. The number of primary amides is 1. The van der Waals surface area contributed by atoms with E-state index in [1.54, 1.807) is 19.2 Å². The smallest absolute Gasteiger partial charge is 0.221 e. The number of amides is 1. The molecule has 1 heterocycles. The number of carbonyl (C=O) groups excluding carboxylic acids is 2. The highest BCUT2D eigenvalue weighted by Crippen LogP contribution is 2.42. The number of hydrogen-bond donors (Lipinski definition) is 1. The van der Waals surface area contributed by atoms with Crippen molar-refractivity contribution < 1.29 is 18.7 Å². The Morgan fingerprint density at radius 3 is 2.31 bits per heavy atom. The Labute approximate surface area is 210 Å². The minimum absolute atomic E-state index is 0.00609. The molecule has 0 spiro atoms. The van der Waals surface area contributed by atoms with Gasteiger partial charge in [0.15, 0.2) is 5.78 Å². The van der Waals surface area contributed by atoms with Crippen LogP contribution in [0.3, 0.4) is 0 Å². The molecule has 5 nitrogen and oxygen atoms in total. The molecular formula is C29H43FN2O3. The summed E-state index contributed by atoms with van der Waals surface area (Å²) in [6, 6.07) is 5.95. The lowest BCUT2D eigenvalue weighted by Gasteiger charge is -2.40. The number of nitrogens with zero attached hydrogens (tertiary/aromatic N) is 1. The maximum atomic E-state index is 13.1. The van der Waals surface area contributed by atoms with Gasteiger partial charge in [0.05, 0.1) is 6.10 Å². The highest BCUT2D eigenvalue weighted by atomic mass is 19.1. The number of benzene rings is 1. The normalized spacial score (nSPS) is 29.5. The number of ether oxygens (including phenoxy) is 1. The van der Waals surface area contributed by atoms with Crippen LogP contribution < -0.4 is 5.73 Å². The molecule has 1 aliphatic heterocycles. The molecule has 6 heteroatoms. The van der Waals surface area contributed by atoms with E-state index in [0.29, 0.717) is 17.4 Å². The molecule has 2 aliphatic carbocycles. The van der Waals surface area contributed by atoms with Crippen molar-refractivity contribution in [2.24, 2.45) is 35.3 Å². The first-order valence-electron chi connectivity index (χ1n) is 13.8. The number of nitrogens with two attached hydrogens (primary N) is 1. The minimum atomic E-state index is -0.302. The van der Waals surface area contributed by atoms with Crippen molar-refractivity contribution in [3.8, 4) is 0 Å². The van der Waals surface area contributed by atoms with E-state index in [1.807, 2.05) is 0 Å². The molecular weight excluding hydrogens is 443 g/mol. The zero-order valence-corrected chi connectivity index (χ0v) is 21.3. The maximum Gasteiger partial charge on any atom is 0.221 e. The fraction of sp³-hybridized carbons (Fsp3) is 0.724. The second-order valence-corrected chi connectivity index (χ2v) is 11.3. The Hall–Kier alpha value is -1.79. The van der Waals surface area contributed by atoms with Crippen LogP contribution in [0, 0.1) is 35.4 Å². The molecule has 1 aromatic rings. The van der Waals surface area contributed by atoms with Crippen molar-refractivity contribution in [3.05, 3.63) is 35.6 Å². The van der Waals surface area contributed by atoms with Crippen molar-refractivity contribution in [1.82, 2.24) is 4.90 Å². The standard InChI is InChI=1S/C29H43FN2O3/c1-35-26-4-2-3-24(19-26)27(29(31)34)21-7-5-20(6-8-21)13-16-32-17-14-23(15-18-32)28(33)22-9-11-25(30)12-10-22/h9-12,20-21,23-24,26-27H,2-8,13-19H2,1H3,(H2,31,34). The van der Waals surface area contributed by atoms with Crippen molar-refractivity contribution in [2.45, 2.75) is 76.7 Å². The lowest BCUT2D eigenvalue weighted by atomic mass is 9.67. The van der Waals surface area contributed by atoms with Crippen molar-refractivity contribution in [3.63, 3.8) is 0 Å². The number of Topliss-reactive ketones (excluding diaryl/α,β-unsaturated/α-hetero) is 1. The van der Waals surface area contributed by atoms with Crippen LogP contribution in [0.15, 0.2) is 24.3 Å². The maximum absolute atomic E-state index is 13.1. The number of hydrogen-bond acceptors (Lipinski definition) is 4. The first-order valence-corrected chi connectivity index (χ1v) is 13.8. The molecule has 2 saturated carbocycles. The average Bonchev–Trinajstić information content (AvgIpc) is 2.88. The summed E-state index contributed by atoms with van der Waals surface area (Å²) in [6.07, 6.45) is 12.2. The third-order valence-corrected chi connectivity index (χ3v) is 9.18. The molecule has 35 heavy (non-hydrogen) atoms. The van der Waals surface area contributed by atoms with Crippen LogP contribution in [-0.2, 0) is 9.53 Å². The zero-order chi connectivity index (χ0) is 24.8. The van der Waals surface area contributed by atoms with Gasteiger partial charge in [0.2, 0.25) is 5.91 Å². The molecule has 3 atom stereocenters. The summed E-state index contributed by atoms with van der Waals surface area (Å²) in [5, 5.41) is 0. The fourth-order valence-corrected chi connectivity index (χ4v) is 7.04. The summed E-state index contributed by atoms with van der Waals surface area (Å²) in [7, 11) is 1.78. The summed E-state index contributed by atoms with van der Waals surface area (Å²) in [6.45, 7) is 3.00. The van der Waals surface area contributed by atoms with Gasteiger partial charge < -0.3 is 15.4 Å². The third-order valence-electron chi connectivity index (χ3n) is 9.18. The number of halogens is 1. The van der Waals surface area contributed by atoms with Gasteiger partial charge in [0, 0.05) is 24.5 Å². The number of ketones is 1. The molecule has 1 aromatic carbocycles. The van der Waals surface area contributed by atoms with Gasteiger partial charge in [0.1, 0.15) is 5.82 Å². The Kier molecular flexibility index (Phi) is 9.34. The highest BCUT2D eigenvalue weighted by molar-refractivity contribution is 5.97. The van der Waals surface area contributed by atoms with Crippen molar-refractivity contribution in [2.75, 3.05) is 26.7 Å². The number of piperidine rings is 1. The van der Waals surface area contributed by atoms with Crippen LogP contribution in [0.25, 0.3) is 0 Å². The van der Waals surface area contributed by atoms with E-state index in [0.717, 1.165) is 76.9 Å². The third kappa shape index (κ3) is 6.91. The van der Waals surface area contributed by atoms with Crippen molar-refractivity contribution >= 4 is 11.7 Å². The topological polar surface area (TPSA) is 72.6 Å². The van der Waals surface area contributed by atoms with Gasteiger partial charge in [-0.2, -0.15) is 0 Å². The van der Waals surface area contributed by atoms with Crippen LogP contribution in [0.2, 0.25) is 0 Å². The molecule has 2 N–H and O–H groups in total. The molecule has 3 fully saturated rings. The molecule has 0 aromatic heterocycles. The number of carbonyl (C=O) groups is 2. The van der Waals surface area contributed by atoms with E-state index in [4.69, 9.17) is 10.5 Å². The van der Waals surface area contributed by atoms with E-state index in [1.165, 1.54) is 31.4 Å². The molecule has 0 bridgehead atoms. The largest absolute Gasteiger partial charge is 0.381 e.